The largest absolute Gasteiger partial charge is 0.357 e. The maximum Gasteiger partial charge on any atom is 0.183 e. The van der Waals surface area contributed by atoms with Crippen molar-refractivity contribution >= 4 is 5.82 Å². The van der Waals surface area contributed by atoms with Crippen molar-refractivity contribution in [1.29, 1.82) is 5.26 Å². The second-order valence-electron chi connectivity index (χ2n) is 2.90. The van der Waals surface area contributed by atoms with Crippen LogP contribution in [0.1, 0.15) is 12.1 Å². The van der Waals surface area contributed by atoms with E-state index in [0.29, 0.717) is 18.1 Å². The van der Waals surface area contributed by atoms with Gasteiger partial charge in [-0.25, -0.2) is 9.97 Å². The van der Waals surface area contributed by atoms with Crippen molar-refractivity contribution in [3.63, 3.8) is 0 Å². The lowest BCUT2D eigenvalue weighted by molar-refractivity contribution is 0.783. The highest BCUT2D eigenvalue weighted by molar-refractivity contribution is 5.48. The molecule has 0 spiro atoms. The second kappa shape index (κ2) is 5.14. The molecule has 1 heterocycles. The number of anilines is 1. The normalized spacial score (nSPS) is 9.50. The average Bonchev–Trinajstić information content (AvgIpc) is 2.25. The van der Waals surface area contributed by atoms with Gasteiger partial charge in [-0.2, -0.15) is 5.26 Å². The van der Waals surface area contributed by atoms with E-state index in [1.54, 1.807) is 6.20 Å². The number of hydrogen-bond acceptors (Lipinski definition) is 5. The fourth-order valence-corrected chi connectivity index (χ4v) is 1.12. The first-order valence-corrected chi connectivity index (χ1v) is 4.42. The lowest BCUT2D eigenvalue weighted by atomic mass is 10.3. The Morgan fingerprint density at radius 1 is 1.50 bits per heavy atom. The number of rotatable bonds is 4. The van der Waals surface area contributed by atoms with E-state index in [2.05, 4.69) is 9.97 Å². The molecule has 5 heteroatoms. The molecule has 2 N–H and O–H groups in total. The summed E-state index contributed by atoms with van der Waals surface area (Å²) in [6.45, 7) is 1.41. The molecular formula is C9H13N5. The SMILES string of the molecule is CN(CCCN)c1nccnc1C#N. The standard InChI is InChI=1S/C9H13N5/c1-14(6-2-3-10)9-8(7-11)12-4-5-13-9/h4-5H,2-3,6,10H2,1H3. The first kappa shape index (κ1) is 10.4. The van der Waals surface area contributed by atoms with Crippen molar-refractivity contribution in [3.8, 4) is 6.07 Å². The van der Waals surface area contributed by atoms with E-state index < -0.39 is 0 Å². The minimum absolute atomic E-state index is 0.354. The van der Waals surface area contributed by atoms with Gasteiger partial charge in [0, 0.05) is 26.0 Å². The molecule has 14 heavy (non-hydrogen) atoms. The van der Waals surface area contributed by atoms with E-state index in [1.807, 2.05) is 18.0 Å². The van der Waals surface area contributed by atoms with Crippen LogP contribution in [-0.2, 0) is 0 Å². The Balaban J connectivity index is 2.79. The van der Waals surface area contributed by atoms with E-state index in [9.17, 15) is 0 Å². The summed E-state index contributed by atoms with van der Waals surface area (Å²) < 4.78 is 0. The summed E-state index contributed by atoms with van der Waals surface area (Å²) in [7, 11) is 1.88. The van der Waals surface area contributed by atoms with Crippen molar-refractivity contribution in [1.82, 2.24) is 9.97 Å². The summed E-state index contributed by atoms with van der Waals surface area (Å²) in [5.74, 6) is 0.614. The van der Waals surface area contributed by atoms with Gasteiger partial charge in [0.2, 0.25) is 0 Å². The highest BCUT2D eigenvalue weighted by atomic mass is 15.2. The molecule has 0 fully saturated rings. The minimum Gasteiger partial charge on any atom is -0.357 e. The zero-order chi connectivity index (χ0) is 10.4. The molecule has 5 nitrogen and oxygen atoms in total. The molecule has 0 saturated heterocycles. The molecular weight excluding hydrogens is 178 g/mol. The molecule has 0 radical (unpaired) electrons. The predicted octanol–water partition coefficient (Wildman–Crippen LogP) is 0.133. The van der Waals surface area contributed by atoms with Crippen LogP contribution in [0.4, 0.5) is 5.82 Å². The fourth-order valence-electron chi connectivity index (χ4n) is 1.12. The maximum atomic E-state index is 8.79. The molecule has 0 aliphatic carbocycles. The third kappa shape index (κ3) is 2.41. The fraction of sp³-hybridized carbons (Fsp3) is 0.444. The lowest BCUT2D eigenvalue weighted by Gasteiger charge is -2.17. The lowest BCUT2D eigenvalue weighted by Crippen LogP contribution is -2.23. The predicted molar refractivity (Wildman–Crippen MR) is 53.7 cm³/mol. The first-order valence-electron chi connectivity index (χ1n) is 4.42. The van der Waals surface area contributed by atoms with Crippen molar-refractivity contribution < 1.29 is 0 Å². The summed E-state index contributed by atoms with van der Waals surface area (Å²) >= 11 is 0. The summed E-state index contributed by atoms with van der Waals surface area (Å²) in [5.41, 5.74) is 5.75. The van der Waals surface area contributed by atoms with Gasteiger partial charge < -0.3 is 10.6 Å². The summed E-state index contributed by atoms with van der Waals surface area (Å²) in [4.78, 5) is 9.92. The second-order valence-corrected chi connectivity index (χ2v) is 2.90. The van der Waals surface area contributed by atoms with Crippen LogP contribution < -0.4 is 10.6 Å². The van der Waals surface area contributed by atoms with Crippen molar-refractivity contribution in [3.05, 3.63) is 18.1 Å². The summed E-state index contributed by atoms with van der Waals surface area (Å²) in [6, 6.07) is 2.01. The van der Waals surface area contributed by atoms with Crippen molar-refractivity contribution in [2.24, 2.45) is 5.73 Å². The number of nitriles is 1. The van der Waals surface area contributed by atoms with Crippen LogP contribution in [0.2, 0.25) is 0 Å². The van der Waals surface area contributed by atoms with Crippen molar-refractivity contribution in [2.75, 3.05) is 25.0 Å². The Bertz CT molecular complexity index is 330. The molecule has 74 valence electrons. The summed E-state index contributed by atoms with van der Waals surface area (Å²) in [6.07, 6.45) is 3.96. The Hall–Kier alpha value is -1.67. The molecule has 0 atom stereocenters. The zero-order valence-electron chi connectivity index (χ0n) is 8.14. The number of aromatic nitrogens is 2. The Labute approximate surface area is 83.2 Å². The van der Waals surface area contributed by atoms with E-state index in [4.69, 9.17) is 11.0 Å². The molecule has 0 aliphatic heterocycles. The van der Waals surface area contributed by atoms with Crippen molar-refractivity contribution in [2.45, 2.75) is 6.42 Å². The first-order chi connectivity index (χ1) is 6.79. The molecule has 0 aromatic carbocycles. The van der Waals surface area contributed by atoms with E-state index in [0.717, 1.165) is 13.0 Å². The van der Waals surface area contributed by atoms with Crippen LogP contribution in [0.5, 0.6) is 0 Å². The van der Waals surface area contributed by atoms with Crippen LogP contribution in [-0.4, -0.2) is 30.1 Å². The Kier molecular flexibility index (Phi) is 3.83. The zero-order valence-corrected chi connectivity index (χ0v) is 8.14. The van der Waals surface area contributed by atoms with Gasteiger partial charge in [0.15, 0.2) is 11.5 Å². The van der Waals surface area contributed by atoms with Gasteiger partial charge in [-0.05, 0) is 13.0 Å². The minimum atomic E-state index is 0.354. The monoisotopic (exact) mass is 191 g/mol. The topological polar surface area (TPSA) is 78.8 Å². The molecule has 1 rings (SSSR count). The third-order valence-corrected chi connectivity index (χ3v) is 1.84. The maximum absolute atomic E-state index is 8.79. The van der Waals surface area contributed by atoms with Crippen LogP contribution in [0.15, 0.2) is 12.4 Å². The van der Waals surface area contributed by atoms with Crippen LogP contribution in [0.3, 0.4) is 0 Å². The van der Waals surface area contributed by atoms with Crippen LogP contribution >= 0.6 is 0 Å². The Morgan fingerprint density at radius 2 is 2.21 bits per heavy atom. The molecule has 1 aromatic rings. The molecule has 0 unspecified atom stereocenters. The number of nitrogens with zero attached hydrogens (tertiary/aromatic N) is 4. The van der Waals surface area contributed by atoms with Crippen LogP contribution in [0, 0.1) is 11.3 Å². The highest BCUT2D eigenvalue weighted by Gasteiger charge is 2.08. The van der Waals surface area contributed by atoms with Crippen LogP contribution in [0.25, 0.3) is 0 Å². The van der Waals surface area contributed by atoms with Gasteiger partial charge >= 0.3 is 0 Å². The van der Waals surface area contributed by atoms with Gasteiger partial charge in [0.05, 0.1) is 0 Å². The molecule has 0 amide bonds. The average molecular weight is 191 g/mol. The van der Waals surface area contributed by atoms with Gasteiger partial charge in [0.1, 0.15) is 6.07 Å². The Morgan fingerprint density at radius 3 is 2.86 bits per heavy atom. The van der Waals surface area contributed by atoms with Gasteiger partial charge in [-0.3, -0.25) is 0 Å². The van der Waals surface area contributed by atoms with E-state index in [1.165, 1.54) is 6.20 Å². The molecule has 0 saturated carbocycles. The summed E-state index contributed by atoms with van der Waals surface area (Å²) in [5, 5.41) is 8.79. The molecule has 0 aliphatic rings. The van der Waals surface area contributed by atoms with Gasteiger partial charge in [0.25, 0.3) is 0 Å². The smallest absolute Gasteiger partial charge is 0.183 e. The molecule has 1 aromatic heterocycles. The highest BCUT2D eigenvalue weighted by Crippen LogP contribution is 2.11. The van der Waals surface area contributed by atoms with E-state index in [-0.39, 0.29) is 0 Å². The van der Waals surface area contributed by atoms with E-state index >= 15 is 0 Å². The quantitative estimate of drug-likeness (QED) is 0.732. The number of nitrogens with two attached hydrogens (primary N) is 1. The van der Waals surface area contributed by atoms with Gasteiger partial charge in [-0.15, -0.1) is 0 Å². The third-order valence-electron chi connectivity index (χ3n) is 1.84. The number of hydrogen-bond donors (Lipinski definition) is 1. The molecule has 0 bridgehead atoms. The van der Waals surface area contributed by atoms with Gasteiger partial charge in [-0.1, -0.05) is 0 Å².